The average Bonchev–Trinajstić information content (AvgIpc) is 2.25. The number of carbonyl (C=O) groups is 1. The maximum Gasteiger partial charge on any atom is 0.223 e. The van der Waals surface area contributed by atoms with Gasteiger partial charge in [-0.2, -0.15) is 0 Å². The molecule has 0 saturated carbocycles. The second-order valence-corrected chi connectivity index (χ2v) is 6.14. The Kier molecular flexibility index (Phi) is 5.40. The molecule has 1 aliphatic heterocycles. The zero-order chi connectivity index (χ0) is 12.9. The highest BCUT2D eigenvalue weighted by Gasteiger charge is 2.24. The van der Waals surface area contributed by atoms with E-state index < -0.39 is 0 Å². The third kappa shape index (κ3) is 5.50. The van der Waals surface area contributed by atoms with Gasteiger partial charge in [0.25, 0.3) is 0 Å². The number of piperidine rings is 1. The van der Waals surface area contributed by atoms with E-state index >= 15 is 0 Å². The molecule has 4 heteroatoms. The molecule has 0 unspecified atom stereocenters. The minimum Gasteiger partial charge on any atom is -0.355 e. The molecule has 17 heavy (non-hydrogen) atoms. The third-order valence-corrected chi connectivity index (χ3v) is 3.20. The van der Waals surface area contributed by atoms with Crippen LogP contribution in [0.3, 0.4) is 0 Å². The van der Waals surface area contributed by atoms with Crippen molar-refractivity contribution in [3.05, 3.63) is 0 Å². The maximum absolute atomic E-state index is 12.0. The first-order chi connectivity index (χ1) is 7.91. The second-order valence-electron chi connectivity index (χ2n) is 6.14. The number of nitrogens with zero attached hydrogens (tertiary/aromatic N) is 1. The molecule has 100 valence electrons. The molecule has 0 atom stereocenters. The standard InChI is InChI=1S/C13H27N3O/c1-13(2,10-16(3)4)9-15-12(17)11-5-7-14-8-6-11/h11,14H,5-10H2,1-4H3,(H,15,17). The van der Waals surface area contributed by atoms with E-state index in [1.165, 1.54) is 0 Å². The third-order valence-electron chi connectivity index (χ3n) is 3.20. The highest BCUT2D eigenvalue weighted by Crippen LogP contribution is 2.16. The van der Waals surface area contributed by atoms with Crippen molar-refractivity contribution in [1.29, 1.82) is 0 Å². The summed E-state index contributed by atoms with van der Waals surface area (Å²) in [5.74, 6) is 0.449. The van der Waals surface area contributed by atoms with Crippen LogP contribution in [0.25, 0.3) is 0 Å². The summed E-state index contributed by atoms with van der Waals surface area (Å²) in [6, 6.07) is 0. The Labute approximate surface area is 105 Å². The summed E-state index contributed by atoms with van der Waals surface area (Å²) < 4.78 is 0. The lowest BCUT2D eigenvalue weighted by Crippen LogP contribution is -2.44. The Hall–Kier alpha value is -0.610. The van der Waals surface area contributed by atoms with E-state index in [0.717, 1.165) is 39.0 Å². The van der Waals surface area contributed by atoms with Crippen LogP contribution in [0, 0.1) is 11.3 Å². The van der Waals surface area contributed by atoms with Gasteiger partial charge in [0.2, 0.25) is 5.91 Å². The molecular formula is C13H27N3O. The van der Waals surface area contributed by atoms with Crippen molar-refractivity contribution in [2.24, 2.45) is 11.3 Å². The van der Waals surface area contributed by atoms with Crippen molar-refractivity contribution in [3.63, 3.8) is 0 Å². The molecule has 2 N–H and O–H groups in total. The van der Waals surface area contributed by atoms with Crippen molar-refractivity contribution in [2.75, 3.05) is 40.3 Å². The molecular weight excluding hydrogens is 214 g/mol. The van der Waals surface area contributed by atoms with Crippen LogP contribution in [0.5, 0.6) is 0 Å². The van der Waals surface area contributed by atoms with Gasteiger partial charge in [0, 0.05) is 19.0 Å². The molecule has 0 spiro atoms. The lowest BCUT2D eigenvalue weighted by Gasteiger charge is -2.30. The molecule has 1 saturated heterocycles. The van der Waals surface area contributed by atoms with Gasteiger partial charge in [-0.1, -0.05) is 13.8 Å². The van der Waals surface area contributed by atoms with Crippen LogP contribution in [0.1, 0.15) is 26.7 Å². The number of hydrogen-bond acceptors (Lipinski definition) is 3. The molecule has 1 amide bonds. The zero-order valence-corrected chi connectivity index (χ0v) is 11.7. The summed E-state index contributed by atoms with van der Waals surface area (Å²) in [6.07, 6.45) is 1.94. The van der Waals surface area contributed by atoms with Crippen LogP contribution >= 0.6 is 0 Å². The van der Waals surface area contributed by atoms with Crippen LogP contribution in [0.4, 0.5) is 0 Å². The van der Waals surface area contributed by atoms with Gasteiger partial charge in [0.15, 0.2) is 0 Å². The van der Waals surface area contributed by atoms with Crippen LogP contribution in [0.15, 0.2) is 0 Å². The maximum atomic E-state index is 12.0. The van der Waals surface area contributed by atoms with Crippen LogP contribution in [0.2, 0.25) is 0 Å². The molecule has 1 aliphatic rings. The van der Waals surface area contributed by atoms with Crippen LogP contribution in [-0.2, 0) is 4.79 Å². The lowest BCUT2D eigenvalue weighted by atomic mass is 9.91. The van der Waals surface area contributed by atoms with E-state index in [1.807, 2.05) is 0 Å². The van der Waals surface area contributed by atoms with Gasteiger partial charge in [-0.3, -0.25) is 4.79 Å². The minimum atomic E-state index is 0.131. The summed E-state index contributed by atoms with van der Waals surface area (Å²) in [4.78, 5) is 14.1. The number of rotatable bonds is 5. The van der Waals surface area contributed by atoms with E-state index in [1.54, 1.807) is 0 Å². The summed E-state index contributed by atoms with van der Waals surface area (Å²) in [7, 11) is 4.13. The Morgan fingerprint density at radius 2 is 1.94 bits per heavy atom. The SMILES string of the molecule is CN(C)CC(C)(C)CNC(=O)C1CCNCC1. The van der Waals surface area contributed by atoms with E-state index in [-0.39, 0.29) is 17.2 Å². The lowest BCUT2D eigenvalue weighted by molar-refractivity contribution is -0.126. The van der Waals surface area contributed by atoms with Gasteiger partial charge in [-0.15, -0.1) is 0 Å². The van der Waals surface area contributed by atoms with Crippen molar-refractivity contribution in [1.82, 2.24) is 15.5 Å². The molecule has 0 aromatic heterocycles. The predicted octanol–water partition coefficient (Wildman–Crippen LogP) is 0.690. The zero-order valence-electron chi connectivity index (χ0n) is 11.7. The fourth-order valence-corrected chi connectivity index (χ4v) is 2.47. The first-order valence-corrected chi connectivity index (χ1v) is 6.54. The van der Waals surface area contributed by atoms with Crippen molar-refractivity contribution < 1.29 is 4.79 Å². The largest absolute Gasteiger partial charge is 0.355 e. The topological polar surface area (TPSA) is 44.4 Å². The second kappa shape index (κ2) is 6.36. The monoisotopic (exact) mass is 241 g/mol. The molecule has 1 heterocycles. The first-order valence-electron chi connectivity index (χ1n) is 6.54. The average molecular weight is 241 g/mol. The quantitative estimate of drug-likeness (QED) is 0.744. The Balaban J connectivity index is 2.31. The van der Waals surface area contributed by atoms with E-state index in [2.05, 4.69) is 43.5 Å². The first kappa shape index (κ1) is 14.5. The Morgan fingerprint density at radius 3 is 2.47 bits per heavy atom. The summed E-state index contributed by atoms with van der Waals surface area (Å²) in [5.41, 5.74) is 0.131. The van der Waals surface area contributed by atoms with Crippen molar-refractivity contribution in [2.45, 2.75) is 26.7 Å². The van der Waals surface area contributed by atoms with Gasteiger partial charge < -0.3 is 15.5 Å². The van der Waals surface area contributed by atoms with Crippen LogP contribution in [-0.4, -0.2) is 51.1 Å². The molecule has 0 aromatic carbocycles. The summed E-state index contributed by atoms with van der Waals surface area (Å²) in [6.45, 7) is 8.07. The minimum absolute atomic E-state index is 0.131. The normalized spacial score (nSPS) is 18.4. The fourth-order valence-electron chi connectivity index (χ4n) is 2.47. The molecule has 4 nitrogen and oxygen atoms in total. The Bertz CT molecular complexity index is 245. The van der Waals surface area contributed by atoms with Gasteiger partial charge in [-0.25, -0.2) is 0 Å². The van der Waals surface area contributed by atoms with Gasteiger partial charge in [-0.05, 0) is 45.4 Å². The highest BCUT2D eigenvalue weighted by molar-refractivity contribution is 5.78. The fraction of sp³-hybridized carbons (Fsp3) is 0.923. The Morgan fingerprint density at radius 1 is 1.35 bits per heavy atom. The number of hydrogen-bond donors (Lipinski definition) is 2. The highest BCUT2D eigenvalue weighted by atomic mass is 16.1. The molecule has 1 rings (SSSR count). The van der Waals surface area contributed by atoms with Gasteiger partial charge >= 0.3 is 0 Å². The van der Waals surface area contributed by atoms with Crippen molar-refractivity contribution >= 4 is 5.91 Å². The van der Waals surface area contributed by atoms with E-state index in [0.29, 0.717) is 0 Å². The number of amides is 1. The molecule has 0 bridgehead atoms. The smallest absolute Gasteiger partial charge is 0.223 e. The van der Waals surface area contributed by atoms with E-state index in [4.69, 9.17) is 0 Å². The number of nitrogens with one attached hydrogen (secondary N) is 2. The van der Waals surface area contributed by atoms with Crippen LogP contribution < -0.4 is 10.6 Å². The van der Waals surface area contributed by atoms with Gasteiger partial charge in [0.1, 0.15) is 0 Å². The summed E-state index contributed by atoms with van der Waals surface area (Å²) in [5, 5.41) is 6.39. The molecule has 1 fully saturated rings. The molecule has 0 aromatic rings. The molecule has 0 aliphatic carbocycles. The summed E-state index contributed by atoms with van der Waals surface area (Å²) >= 11 is 0. The van der Waals surface area contributed by atoms with Crippen molar-refractivity contribution in [3.8, 4) is 0 Å². The predicted molar refractivity (Wildman–Crippen MR) is 70.9 cm³/mol. The van der Waals surface area contributed by atoms with E-state index in [9.17, 15) is 4.79 Å². The van der Waals surface area contributed by atoms with Gasteiger partial charge in [0.05, 0.1) is 0 Å². The molecule has 0 radical (unpaired) electrons. The number of carbonyl (C=O) groups excluding carboxylic acids is 1.